The van der Waals surface area contributed by atoms with Crippen molar-refractivity contribution < 1.29 is 14.3 Å². The third-order valence-corrected chi connectivity index (χ3v) is 7.37. The topological polar surface area (TPSA) is 56.3 Å². The third kappa shape index (κ3) is 7.52. The standard InChI is InChI=1S/C27H44N4O3/c1-5-28(6-2)27(33)21-34-25-18-30(15-12-23-10-8-7-9-11-23)26(32)20-31(19-25)24-13-16-29(17-14-24)22(3)4/h7-11,22,24-25H,5-6,12-21H2,1-4H3. The van der Waals surface area contributed by atoms with Crippen molar-refractivity contribution in [2.45, 2.75) is 65.1 Å². The van der Waals surface area contributed by atoms with Gasteiger partial charge in [0, 0.05) is 44.8 Å². The van der Waals surface area contributed by atoms with Gasteiger partial charge in [-0.2, -0.15) is 0 Å². The van der Waals surface area contributed by atoms with E-state index in [1.807, 2.05) is 36.9 Å². The molecule has 2 aliphatic rings. The lowest BCUT2D eigenvalue weighted by Gasteiger charge is -2.39. The molecule has 7 heteroatoms. The Balaban J connectivity index is 1.66. The molecule has 0 aromatic heterocycles. The zero-order chi connectivity index (χ0) is 24.5. The maximum absolute atomic E-state index is 13.3. The van der Waals surface area contributed by atoms with Crippen molar-refractivity contribution in [2.75, 3.05) is 59.0 Å². The van der Waals surface area contributed by atoms with Crippen LogP contribution in [0, 0.1) is 0 Å². The van der Waals surface area contributed by atoms with Crippen LogP contribution in [0.3, 0.4) is 0 Å². The van der Waals surface area contributed by atoms with Crippen LogP contribution in [-0.2, 0) is 20.7 Å². The summed E-state index contributed by atoms with van der Waals surface area (Å²) in [5.41, 5.74) is 1.23. The van der Waals surface area contributed by atoms with Gasteiger partial charge in [-0.1, -0.05) is 30.3 Å². The summed E-state index contributed by atoms with van der Waals surface area (Å²) in [4.78, 5) is 34.5. The van der Waals surface area contributed by atoms with Gasteiger partial charge in [0.1, 0.15) is 6.61 Å². The fraction of sp³-hybridized carbons (Fsp3) is 0.704. The monoisotopic (exact) mass is 472 g/mol. The molecule has 1 atom stereocenters. The van der Waals surface area contributed by atoms with Crippen LogP contribution in [0.1, 0.15) is 46.1 Å². The highest BCUT2D eigenvalue weighted by molar-refractivity contribution is 5.79. The minimum atomic E-state index is -0.162. The summed E-state index contributed by atoms with van der Waals surface area (Å²) < 4.78 is 6.18. The van der Waals surface area contributed by atoms with E-state index in [0.717, 1.165) is 32.4 Å². The van der Waals surface area contributed by atoms with Crippen LogP contribution in [-0.4, -0.2) is 109 Å². The molecule has 2 saturated heterocycles. The van der Waals surface area contributed by atoms with Crippen LogP contribution in [0.25, 0.3) is 0 Å². The number of nitrogens with zero attached hydrogens (tertiary/aromatic N) is 4. The summed E-state index contributed by atoms with van der Waals surface area (Å²) in [6.07, 6.45) is 2.80. The van der Waals surface area contributed by atoms with Crippen LogP contribution >= 0.6 is 0 Å². The molecule has 2 aliphatic heterocycles. The van der Waals surface area contributed by atoms with E-state index in [1.165, 1.54) is 5.56 Å². The number of ether oxygens (including phenoxy) is 1. The van der Waals surface area contributed by atoms with Crippen molar-refractivity contribution in [3.05, 3.63) is 35.9 Å². The van der Waals surface area contributed by atoms with Crippen LogP contribution in [0.5, 0.6) is 0 Å². The molecule has 1 aromatic rings. The first-order chi connectivity index (χ1) is 16.4. The summed E-state index contributed by atoms with van der Waals surface area (Å²) >= 11 is 0. The van der Waals surface area contributed by atoms with Crippen molar-refractivity contribution in [2.24, 2.45) is 0 Å². The molecule has 1 aromatic carbocycles. The van der Waals surface area contributed by atoms with E-state index in [2.05, 4.69) is 35.8 Å². The maximum atomic E-state index is 13.3. The average molecular weight is 473 g/mol. The zero-order valence-corrected chi connectivity index (χ0v) is 21.6. The molecular formula is C27H44N4O3. The van der Waals surface area contributed by atoms with Crippen LogP contribution in [0.2, 0.25) is 0 Å². The molecule has 0 radical (unpaired) electrons. The summed E-state index contributed by atoms with van der Waals surface area (Å²) in [6, 6.07) is 11.2. The molecule has 0 spiro atoms. The van der Waals surface area contributed by atoms with Gasteiger partial charge in [0.15, 0.2) is 0 Å². The largest absolute Gasteiger partial charge is 0.365 e. The van der Waals surface area contributed by atoms with Crippen LogP contribution < -0.4 is 0 Å². The minimum Gasteiger partial charge on any atom is -0.365 e. The van der Waals surface area contributed by atoms with Crippen molar-refractivity contribution in [3.63, 3.8) is 0 Å². The van der Waals surface area contributed by atoms with Gasteiger partial charge in [-0.25, -0.2) is 0 Å². The minimum absolute atomic E-state index is 0.0215. The highest BCUT2D eigenvalue weighted by atomic mass is 16.5. The Labute approximate surface area is 206 Å². The first-order valence-electron chi connectivity index (χ1n) is 13.1. The van der Waals surface area contributed by atoms with Crippen molar-refractivity contribution in [1.82, 2.24) is 19.6 Å². The lowest BCUT2D eigenvalue weighted by molar-refractivity contribution is -0.138. The number of hydrogen-bond donors (Lipinski definition) is 0. The Morgan fingerprint density at radius 1 is 1.09 bits per heavy atom. The fourth-order valence-corrected chi connectivity index (χ4v) is 5.14. The van der Waals surface area contributed by atoms with Gasteiger partial charge in [-0.3, -0.25) is 14.5 Å². The van der Waals surface area contributed by atoms with Crippen LogP contribution in [0.4, 0.5) is 0 Å². The van der Waals surface area contributed by atoms with E-state index in [4.69, 9.17) is 4.74 Å². The number of likely N-dealkylation sites (N-methyl/N-ethyl adjacent to an activating group) is 1. The Morgan fingerprint density at radius 2 is 1.76 bits per heavy atom. The Kier molecular flexibility index (Phi) is 10.4. The highest BCUT2D eigenvalue weighted by Gasteiger charge is 2.34. The maximum Gasteiger partial charge on any atom is 0.248 e. The van der Waals surface area contributed by atoms with Gasteiger partial charge < -0.3 is 19.4 Å². The van der Waals surface area contributed by atoms with Crippen LogP contribution in [0.15, 0.2) is 30.3 Å². The normalized spacial score (nSPS) is 21.1. The van der Waals surface area contributed by atoms with Gasteiger partial charge in [-0.05, 0) is 65.6 Å². The second-order valence-electron chi connectivity index (χ2n) is 9.86. The molecule has 2 fully saturated rings. The lowest BCUT2D eigenvalue weighted by Crippen LogP contribution is -2.49. The second-order valence-corrected chi connectivity index (χ2v) is 9.86. The van der Waals surface area contributed by atoms with Crippen molar-refractivity contribution >= 4 is 11.8 Å². The Hall–Kier alpha value is -1.96. The molecule has 2 amide bonds. The number of hydrogen-bond acceptors (Lipinski definition) is 5. The molecule has 0 saturated carbocycles. The van der Waals surface area contributed by atoms with E-state index in [-0.39, 0.29) is 24.5 Å². The van der Waals surface area contributed by atoms with E-state index >= 15 is 0 Å². The molecular weight excluding hydrogens is 428 g/mol. The molecule has 34 heavy (non-hydrogen) atoms. The van der Waals surface area contributed by atoms with Gasteiger partial charge in [0.2, 0.25) is 11.8 Å². The predicted molar refractivity (Wildman–Crippen MR) is 136 cm³/mol. The highest BCUT2D eigenvalue weighted by Crippen LogP contribution is 2.21. The Bertz CT molecular complexity index is 760. The SMILES string of the molecule is CCN(CC)C(=O)COC1CN(CCc2ccccc2)C(=O)CN(C2CCN(C(C)C)CC2)C1. The molecule has 3 rings (SSSR count). The number of benzene rings is 1. The molecule has 0 N–H and O–H groups in total. The van der Waals surface area contributed by atoms with Crippen molar-refractivity contribution in [1.29, 1.82) is 0 Å². The first kappa shape index (κ1) is 26.6. The second kappa shape index (κ2) is 13.2. The number of piperidine rings is 1. The van der Waals surface area contributed by atoms with E-state index in [0.29, 0.717) is 51.4 Å². The van der Waals surface area contributed by atoms with Gasteiger partial charge in [0.25, 0.3) is 0 Å². The number of carbonyl (C=O) groups is 2. The van der Waals surface area contributed by atoms with E-state index in [9.17, 15) is 9.59 Å². The van der Waals surface area contributed by atoms with E-state index < -0.39 is 0 Å². The van der Waals surface area contributed by atoms with Gasteiger partial charge in [-0.15, -0.1) is 0 Å². The van der Waals surface area contributed by atoms with Gasteiger partial charge >= 0.3 is 0 Å². The predicted octanol–water partition coefficient (Wildman–Crippen LogP) is 2.50. The Morgan fingerprint density at radius 3 is 2.38 bits per heavy atom. The lowest BCUT2D eigenvalue weighted by atomic mass is 10.0. The molecule has 190 valence electrons. The molecule has 2 heterocycles. The average Bonchev–Trinajstić information content (AvgIpc) is 3.01. The summed E-state index contributed by atoms with van der Waals surface area (Å²) in [6.45, 7) is 14.4. The number of carbonyl (C=O) groups excluding carboxylic acids is 2. The van der Waals surface area contributed by atoms with Crippen molar-refractivity contribution in [3.8, 4) is 0 Å². The number of rotatable bonds is 10. The van der Waals surface area contributed by atoms with E-state index in [1.54, 1.807) is 4.90 Å². The summed E-state index contributed by atoms with van der Waals surface area (Å²) in [7, 11) is 0. The molecule has 1 unspecified atom stereocenters. The number of likely N-dealkylation sites (tertiary alicyclic amines) is 1. The molecule has 0 bridgehead atoms. The zero-order valence-electron chi connectivity index (χ0n) is 21.6. The quantitative estimate of drug-likeness (QED) is 0.524. The van der Waals surface area contributed by atoms with Gasteiger partial charge in [0.05, 0.1) is 12.6 Å². The number of amides is 2. The smallest absolute Gasteiger partial charge is 0.248 e. The first-order valence-corrected chi connectivity index (χ1v) is 13.1. The third-order valence-electron chi connectivity index (χ3n) is 7.37. The summed E-state index contributed by atoms with van der Waals surface area (Å²) in [5.74, 6) is 0.191. The molecule has 7 nitrogen and oxygen atoms in total. The fourth-order valence-electron chi connectivity index (χ4n) is 5.14. The summed E-state index contributed by atoms with van der Waals surface area (Å²) in [5, 5.41) is 0. The molecule has 0 aliphatic carbocycles.